The second-order valence-corrected chi connectivity index (χ2v) is 9.25. The van der Waals surface area contributed by atoms with Crippen molar-refractivity contribution in [2.45, 2.75) is 45.6 Å². The number of aliphatic imine (C=N–C) groups is 1. The Kier molecular flexibility index (Phi) is 14.5. The summed E-state index contributed by atoms with van der Waals surface area (Å²) in [4.78, 5) is 20.6. The Hall–Kier alpha value is -0.850. The molecule has 2 aliphatic rings. The number of nitrogens with zero attached hydrogens (tertiary/aromatic N) is 3. The van der Waals surface area contributed by atoms with Gasteiger partial charge in [-0.15, -0.1) is 24.0 Å². The second kappa shape index (κ2) is 15.9. The second-order valence-electron chi connectivity index (χ2n) is 9.25. The fourth-order valence-electron chi connectivity index (χ4n) is 3.56. The zero-order chi connectivity index (χ0) is 22.5. The van der Waals surface area contributed by atoms with E-state index in [4.69, 9.17) is 14.2 Å². The highest BCUT2D eigenvalue weighted by Crippen LogP contribution is 2.13. The van der Waals surface area contributed by atoms with Crippen LogP contribution >= 0.6 is 24.0 Å². The van der Waals surface area contributed by atoms with E-state index in [0.29, 0.717) is 5.92 Å². The Morgan fingerprint density at radius 3 is 2.41 bits per heavy atom. The van der Waals surface area contributed by atoms with Crippen molar-refractivity contribution in [3.63, 3.8) is 0 Å². The summed E-state index contributed by atoms with van der Waals surface area (Å²) in [5.41, 5.74) is -0.440. The third-order valence-electron chi connectivity index (χ3n) is 5.33. The van der Waals surface area contributed by atoms with E-state index in [0.717, 1.165) is 97.5 Å². The lowest BCUT2D eigenvalue weighted by atomic mass is 10.1. The molecular formula is C22H44IN5O4. The minimum Gasteiger partial charge on any atom is -0.444 e. The van der Waals surface area contributed by atoms with Crippen LogP contribution in [0, 0.1) is 5.92 Å². The van der Waals surface area contributed by atoms with E-state index in [-0.39, 0.29) is 30.1 Å². The van der Waals surface area contributed by atoms with Crippen molar-refractivity contribution in [1.82, 2.24) is 20.4 Å². The molecule has 0 saturated carbocycles. The fourth-order valence-corrected chi connectivity index (χ4v) is 3.56. The average molecular weight is 570 g/mol. The highest BCUT2D eigenvalue weighted by Gasteiger charge is 2.25. The first-order chi connectivity index (χ1) is 14.9. The van der Waals surface area contributed by atoms with Gasteiger partial charge in [-0.2, -0.15) is 0 Å². The van der Waals surface area contributed by atoms with Gasteiger partial charge in [-0.1, -0.05) is 0 Å². The molecule has 2 fully saturated rings. The third-order valence-corrected chi connectivity index (χ3v) is 5.33. The lowest BCUT2D eigenvalue weighted by Gasteiger charge is -2.35. The van der Waals surface area contributed by atoms with Crippen molar-refractivity contribution in [2.24, 2.45) is 10.9 Å². The number of carbonyl (C=O) groups is 1. The number of hydrogen-bond acceptors (Lipinski definition) is 6. The molecule has 0 aromatic rings. The van der Waals surface area contributed by atoms with Gasteiger partial charge in [0.2, 0.25) is 0 Å². The summed E-state index contributed by atoms with van der Waals surface area (Å²) >= 11 is 0. The molecule has 0 bridgehead atoms. The van der Waals surface area contributed by atoms with Crippen molar-refractivity contribution < 1.29 is 19.0 Å². The van der Waals surface area contributed by atoms with E-state index < -0.39 is 5.60 Å². The van der Waals surface area contributed by atoms with Crippen molar-refractivity contribution >= 4 is 36.0 Å². The van der Waals surface area contributed by atoms with Gasteiger partial charge in [0.15, 0.2) is 5.96 Å². The molecule has 1 amide bonds. The van der Waals surface area contributed by atoms with Crippen molar-refractivity contribution in [2.75, 3.05) is 79.3 Å². The molecule has 2 heterocycles. The number of amides is 1. The maximum absolute atomic E-state index is 12.1. The number of ether oxygens (including phenoxy) is 3. The summed E-state index contributed by atoms with van der Waals surface area (Å²) in [7, 11) is 1.79. The van der Waals surface area contributed by atoms with E-state index in [1.807, 2.05) is 20.8 Å². The highest BCUT2D eigenvalue weighted by molar-refractivity contribution is 14.0. The Balaban J connectivity index is 0.00000512. The average Bonchev–Trinajstić information content (AvgIpc) is 3.24. The topological polar surface area (TPSA) is 87.7 Å². The molecule has 1 unspecified atom stereocenters. The number of nitrogens with one attached hydrogen (secondary N) is 2. The first-order valence-electron chi connectivity index (χ1n) is 11.7. The van der Waals surface area contributed by atoms with Gasteiger partial charge in [0.1, 0.15) is 5.60 Å². The van der Waals surface area contributed by atoms with Crippen LogP contribution < -0.4 is 10.6 Å². The van der Waals surface area contributed by atoms with Crippen LogP contribution in [0.4, 0.5) is 4.79 Å². The van der Waals surface area contributed by atoms with Gasteiger partial charge in [-0.05, 0) is 46.6 Å². The maximum Gasteiger partial charge on any atom is 0.410 e. The summed E-state index contributed by atoms with van der Waals surface area (Å²) < 4.78 is 16.5. The molecule has 0 aromatic heterocycles. The summed E-state index contributed by atoms with van der Waals surface area (Å²) in [5.74, 6) is 1.40. The molecule has 10 heteroatoms. The standard InChI is InChI=1S/C22H43N5O4.HI/c1-22(2,3)31-21(28)27-13-11-26(12-14-27)10-5-8-24-20(23-4)25-9-6-15-29-17-19-7-16-30-18-19;/h19H,5-18H2,1-4H3,(H2,23,24,25);1H. The van der Waals surface area contributed by atoms with Gasteiger partial charge in [0.25, 0.3) is 0 Å². The number of carbonyl (C=O) groups excluding carboxylic acids is 1. The molecule has 2 rings (SSSR count). The van der Waals surface area contributed by atoms with Crippen LogP contribution in [-0.2, 0) is 14.2 Å². The van der Waals surface area contributed by atoms with Gasteiger partial charge in [0.05, 0.1) is 13.2 Å². The predicted molar refractivity (Wildman–Crippen MR) is 138 cm³/mol. The zero-order valence-electron chi connectivity index (χ0n) is 20.4. The maximum atomic E-state index is 12.1. The molecule has 9 nitrogen and oxygen atoms in total. The summed E-state index contributed by atoms with van der Waals surface area (Å²) in [6.07, 6.45) is 2.89. The van der Waals surface area contributed by atoms with Gasteiger partial charge in [0, 0.05) is 65.4 Å². The Morgan fingerprint density at radius 2 is 1.81 bits per heavy atom. The Labute approximate surface area is 211 Å². The minimum absolute atomic E-state index is 0. The SMILES string of the molecule is CN=C(NCCCOCC1CCOC1)NCCCN1CCN(C(=O)OC(C)(C)C)CC1.I. The zero-order valence-corrected chi connectivity index (χ0v) is 22.7. The molecule has 32 heavy (non-hydrogen) atoms. The number of piperazine rings is 1. The van der Waals surface area contributed by atoms with Crippen LogP contribution in [0.1, 0.15) is 40.0 Å². The molecule has 0 spiro atoms. The lowest BCUT2D eigenvalue weighted by Crippen LogP contribution is -2.50. The molecule has 2 N–H and O–H groups in total. The smallest absolute Gasteiger partial charge is 0.410 e. The molecule has 188 valence electrons. The summed E-state index contributed by atoms with van der Waals surface area (Å²) in [5, 5.41) is 6.70. The first-order valence-corrected chi connectivity index (χ1v) is 11.7. The number of hydrogen-bond donors (Lipinski definition) is 2. The molecule has 0 aliphatic carbocycles. The quantitative estimate of drug-likeness (QED) is 0.181. The first kappa shape index (κ1) is 29.2. The largest absolute Gasteiger partial charge is 0.444 e. The van der Waals surface area contributed by atoms with Crippen LogP contribution in [0.15, 0.2) is 4.99 Å². The Morgan fingerprint density at radius 1 is 1.12 bits per heavy atom. The van der Waals surface area contributed by atoms with Gasteiger partial charge in [-0.3, -0.25) is 9.89 Å². The number of halogens is 1. The van der Waals surface area contributed by atoms with E-state index in [9.17, 15) is 4.79 Å². The van der Waals surface area contributed by atoms with Crippen LogP contribution in [0.25, 0.3) is 0 Å². The molecule has 2 saturated heterocycles. The van der Waals surface area contributed by atoms with Crippen molar-refractivity contribution in [3.8, 4) is 0 Å². The summed E-state index contributed by atoms with van der Waals surface area (Å²) in [6.45, 7) is 14.9. The van der Waals surface area contributed by atoms with Crippen molar-refractivity contribution in [3.05, 3.63) is 0 Å². The fraction of sp³-hybridized carbons (Fsp3) is 0.909. The van der Waals surface area contributed by atoms with Gasteiger partial charge < -0.3 is 29.7 Å². The third kappa shape index (κ3) is 12.4. The van der Waals surface area contributed by atoms with E-state index in [1.165, 1.54) is 0 Å². The molecule has 0 radical (unpaired) electrons. The van der Waals surface area contributed by atoms with E-state index in [1.54, 1.807) is 11.9 Å². The predicted octanol–water partition coefficient (Wildman–Crippen LogP) is 2.16. The molecule has 0 aromatic carbocycles. The van der Waals surface area contributed by atoms with E-state index in [2.05, 4.69) is 20.5 Å². The van der Waals surface area contributed by atoms with Gasteiger partial charge >= 0.3 is 6.09 Å². The van der Waals surface area contributed by atoms with Crippen LogP contribution in [0.2, 0.25) is 0 Å². The lowest BCUT2D eigenvalue weighted by molar-refractivity contribution is 0.0145. The molecule has 1 atom stereocenters. The van der Waals surface area contributed by atoms with Crippen LogP contribution in [0.3, 0.4) is 0 Å². The van der Waals surface area contributed by atoms with Crippen molar-refractivity contribution in [1.29, 1.82) is 0 Å². The normalized spacial score (nSPS) is 20.1. The summed E-state index contributed by atoms with van der Waals surface area (Å²) in [6, 6.07) is 0. The minimum atomic E-state index is -0.440. The highest BCUT2D eigenvalue weighted by atomic mass is 127. The van der Waals surface area contributed by atoms with Gasteiger partial charge in [-0.25, -0.2) is 4.79 Å². The van der Waals surface area contributed by atoms with Crippen LogP contribution in [0.5, 0.6) is 0 Å². The molecule has 2 aliphatic heterocycles. The number of guanidine groups is 1. The Bertz CT molecular complexity index is 545. The number of rotatable bonds is 10. The monoisotopic (exact) mass is 569 g/mol. The van der Waals surface area contributed by atoms with Crippen LogP contribution in [-0.4, -0.2) is 107 Å². The molecular weight excluding hydrogens is 525 g/mol. The van der Waals surface area contributed by atoms with E-state index >= 15 is 0 Å².